The Kier molecular flexibility index (Phi) is 17.9. The van der Waals surface area contributed by atoms with Gasteiger partial charge in [-0.1, -0.05) is 26.2 Å². The summed E-state index contributed by atoms with van der Waals surface area (Å²) in [6.07, 6.45) is 17.5. The van der Waals surface area contributed by atoms with Gasteiger partial charge >= 0.3 is 97.4 Å². The van der Waals surface area contributed by atoms with Crippen molar-refractivity contribution < 1.29 is 0 Å². The van der Waals surface area contributed by atoms with Crippen LogP contribution in [0.5, 0.6) is 0 Å². The Hall–Kier alpha value is 0.947. The summed E-state index contributed by atoms with van der Waals surface area (Å²) in [4.78, 5) is 0. The first-order chi connectivity index (χ1) is 8.41. The van der Waals surface area contributed by atoms with E-state index in [9.17, 15) is 0 Å². The Bertz CT molecular complexity index is 114. The molecule has 0 aliphatic carbocycles. The van der Waals surface area contributed by atoms with Gasteiger partial charge in [0, 0.05) is 0 Å². The van der Waals surface area contributed by atoms with Gasteiger partial charge in [0.1, 0.15) is 0 Å². The molecular weight excluding hydrogens is 219 g/mol. The number of hydrogen-bond donors (Lipinski definition) is 0. The summed E-state index contributed by atoms with van der Waals surface area (Å²) < 4.78 is 1.29. The van der Waals surface area contributed by atoms with Crippen LogP contribution in [0.2, 0.25) is 0 Å². The Morgan fingerprint density at radius 2 is 1.06 bits per heavy atom. The second-order valence-electron chi connectivity index (χ2n) is 5.09. The van der Waals surface area contributed by atoms with Crippen molar-refractivity contribution in [3.05, 3.63) is 0 Å². The van der Waals surface area contributed by atoms with E-state index in [-0.39, 0.29) is 0 Å². The first kappa shape index (κ1) is 17.9. The van der Waals surface area contributed by atoms with E-state index in [2.05, 4.69) is 36.4 Å². The Morgan fingerprint density at radius 1 is 0.647 bits per heavy atom. The zero-order chi connectivity index (χ0) is 12.6. The van der Waals surface area contributed by atoms with Gasteiger partial charge in [0.25, 0.3) is 0 Å². The van der Waals surface area contributed by atoms with Crippen molar-refractivity contribution in [2.45, 2.75) is 84.0 Å². The van der Waals surface area contributed by atoms with Gasteiger partial charge in [-0.05, 0) is 0 Å². The first-order valence-electron chi connectivity index (χ1n) is 7.99. The van der Waals surface area contributed by atoms with Gasteiger partial charge in [-0.3, -0.25) is 0 Å². The molecule has 2 heteroatoms. The van der Waals surface area contributed by atoms with Crippen molar-refractivity contribution >= 4 is 29.5 Å². The first-order valence-corrected chi connectivity index (χ1v) is 9.15. The topological polar surface area (TPSA) is 0 Å². The molecule has 0 spiro atoms. The predicted octanol–water partition coefficient (Wildman–Crippen LogP) is 5.55. The fourth-order valence-electron chi connectivity index (χ4n) is 2.19. The molecule has 17 heavy (non-hydrogen) atoms. The van der Waals surface area contributed by atoms with Crippen LogP contribution >= 0.6 is 11.8 Å². The van der Waals surface area contributed by atoms with Crippen LogP contribution in [0.4, 0.5) is 0 Å². The van der Waals surface area contributed by atoms with Crippen molar-refractivity contribution in [2.75, 3.05) is 10.2 Å². The van der Waals surface area contributed by atoms with Crippen molar-refractivity contribution in [1.29, 1.82) is 0 Å². The van der Waals surface area contributed by atoms with E-state index in [0.717, 1.165) is 0 Å². The van der Waals surface area contributed by atoms with E-state index in [1.165, 1.54) is 87.2 Å². The van der Waals surface area contributed by atoms with Crippen molar-refractivity contribution in [2.24, 2.45) is 0 Å². The SMILES string of the molecule is [Li][CH2]SCCCCCCCCCCCCCC. The molecule has 0 bridgehead atoms. The number of unbranched alkanes of at least 4 members (excludes halogenated alkanes) is 11. The van der Waals surface area contributed by atoms with Crippen LogP contribution in [-0.4, -0.2) is 27.9 Å². The third kappa shape index (κ3) is 16.9. The molecule has 0 saturated heterocycles. The zero-order valence-corrected chi connectivity index (χ0v) is 13.1. The molecule has 0 unspecified atom stereocenters. The van der Waals surface area contributed by atoms with Crippen LogP contribution < -0.4 is 0 Å². The summed E-state index contributed by atoms with van der Waals surface area (Å²) in [6.45, 7) is 2.29. The van der Waals surface area contributed by atoms with E-state index in [1.54, 1.807) is 0 Å². The minimum Gasteiger partial charge on any atom is -0.0654 e. The second-order valence-corrected chi connectivity index (χ2v) is 6.48. The maximum atomic E-state index is 2.29. The Balaban J connectivity index is 2.85. The molecule has 0 amide bonds. The molecule has 0 aliphatic rings. The zero-order valence-electron chi connectivity index (χ0n) is 12.3. The van der Waals surface area contributed by atoms with E-state index < -0.39 is 0 Å². The van der Waals surface area contributed by atoms with Crippen LogP contribution in [0.15, 0.2) is 0 Å². The minimum atomic E-state index is 1.29. The molecule has 0 aromatic carbocycles. The summed E-state index contributed by atoms with van der Waals surface area (Å²) >= 11 is 4.34. The van der Waals surface area contributed by atoms with Gasteiger partial charge in [0.05, 0.1) is 0 Å². The molecule has 0 fully saturated rings. The van der Waals surface area contributed by atoms with Gasteiger partial charge in [-0.25, -0.2) is 0 Å². The molecule has 0 nitrogen and oxygen atoms in total. The third-order valence-electron chi connectivity index (χ3n) is 3.35. The van der Waals surface area contributed by atoms with Crippen molar-refractivity contribution in [3.8, 4) is 0 Å². The van der Waals surface area contributed by atoms with E-state index in [4.69, 9.17) is 0 Å². The molecule has 0 aromatic rings. The molecule has 0 rings (SSSR count). The van der Waals surface area contributed by atoms with Gasteiger partial charge < -0.3 is 0 Å². The summed E-state index contributed by atoms with van der Waals surface area (Å²) in [5, 5.41) is 0. The molecule has 0 heterocycles. The summed E-state index contributed by atoms with van der Waals surface area (Å²) in [5.41, 5.74) is 0. The van der Waals surface area contributed by atoms with Gasteiger partial charge in [-0.2, -0.15) is 0 Å². The van der Waals surface area contributed by atoms with Crippen LogP contribution in [0.3, 0.4) is 0 Å². The molecular formula is C15H31LiS. The standard InChI is InChI=1S/C15H31S.Li/c1-3-4-5-6-7-8-9-10-11-12-13-14-15-16-2;/h2-15H2,1H3;. The molecule has 98 valence electrons. The maximum absolute atomic E-state index is 2.29. The summed E-state index contributed by atoms with van der Waals surface area (Å²) in [5.74, 6) is 1.38. The molecule has 0 aliphatic heterocycles. The Morgan fingerprint density at radius 3 is 1.47 bits per heavy atom. The predicted molar refractivity (Wildman–Crippen MR) is 84.2 cm³/mol. The molecule has 0 aromatic heterocycles. The smallest absolute Gasteiger partial charge is 0.0654 e. The van der Waals surface area contributed by atoms with Crippen LogP contribution in [-0.2, 0) is 0 Å². The van der Waals surface area contributed by atoms with Crippen LogP contribution in [0.1, 0.15) is 84.0 Å². The van der Waals surface area contributed by atoms with Crippen molar-refractivity contribution in [1.82, 2.24) is 0 Å². The minimum absolute atomic E-state index is 1.29. The van der Waals surface area contributed by atoms with E-state index in [0.29, 0.717) is 0 Å². The second kappa shape index (κ2) is 16.9. The van der Waals surface area contributed by atoms with Crippen LogP contribution in [0.25, 0.3) is 0 Å². The van der Waals surface area contributed by atoms with Gasteiger partial charge in [0.2, 0.25) is 0 Å². The van der Waals surface area contributed by atoms with Gasteiger partial charge in [0.15, 0.2) is 0 Å². The summed E-state index contributed by atoms with van der Waals surface area (Å²) in [6, 6.07) is 0. The molecule has 0 saturated carbocycles. The fraction of sp³-hybridized carbons (Fsp3) is 1.00. The van der Waals surface area contributed by atoms with Crippen LogP contribution in [0, 0.1) is 0 Å². The van der Waals surface area contributed by atoms with E-state index in [1.807, 2.05) is 0 Å². The normalized spacial score (nSPS) is 11.0. The molecule has 0 N–H and O–H groups in total. The molecule has 0 radical (unpaired) electrons. The number of rotatable bonds is 14. The van der Waals surface area contributed by atoms with Crippen molar-refractivity contribution in [3.63, 3.8) is 0 Å². The third-order valence-corrected chi connectivity index (χ3v) is 4.33. The van der Waals surface area contributed by atoms with E-state index >= 15 is 0 Å². The number of thioether (sulfide) groups is 1. The Labute approximate surface area is 123 Å². The average molecular weight is 250 g/mol. The van der Waals surface area contributed by atoms with Gasteiger partial charge in [-0.15, -0.1) is 0 Å². The molecule has 0 atom stereocenters. The fourth-order valence-corrected chi connectivity index (χ4v) is 2.89. The average Bonchev–Trinajstić information content (AvgIpc) is 2.35. The summed E-state index contributed by atoms with van der Waals surface area (Å²) in [7, 11) is 0. The number of hydrogen-bond acceptors (Lipinski definition) is 1. The quantitative estimate of drug-likeness (QED) is 0.288. The monoisotopic (exact) mass is 250 g/mol.